The number of halogens is 4. The lowest BCUT2D eigenvalue weighted by atomic mass is 10.3. The fourth-order valence-corrected chi connectivity index (χ4v) is 1.51. The summed E-state index contributed by atoms with van der Waals surface area (Å²) in [6, 6.07) is 15.6. The van der Waals surface area contributed by atoms with Gasteiger partial charge in [-0.15, -0.1) is 0 Å². The van der Waals surface area contributed by atoms with Crippen LogP contribution < -0.4 is 15.6 Å². The lowest BCUT2D eigenvalue weighted by Crippen LogP contribution is -2.23. The van der Waals surface area contributed by atoms with Crippen molar-refractivity contribution in [3.63, 3.8) is 0 Å². The first-order chi connectivity index (χ1) is 9.84. The molecule has 4 nitrogen and oxygen atoms in total. The Kier molecular flexibility index (Phi) is 8.72. The molecule has 10 heteroatoms. The Labute approximate surface area is 130 Å². The SMILES string of the molecule is F[B-](F)(F)F.O.S=C(Nc1ccccc1)Nc1cccc[nH+]1. The zero-order valence-electron chi connectivity index (χ0n) is 11.2. The van der Waals surface area contributed by atoms with E-state index < -0.39 is 7.25 Å². The van der Waals surface area contributed by atoms with Gasteiger partial charge in [0.2, 0.25) is 0 Å². The van der Waals surface area contributed by atoms with Crippen molar-refractivity contribution >= 4 is 36.1 Å². The van der Waals surface area contributed by atoms with Gasteiger partial charge in [0.25, 0.3) is 10.9 Å². The predicted octanol–water partition coefficient (Wildman–Crippen LogP) is 2.78. The van der Waals surface area contributed by atoms with Crippen molar-refractivity contribution in [3.05, 3.63) is 54.7 Å². The quantitative estimate of drug-likeness (QED) is 0.504. The summed E-state index contributed by atoms with van der Waals surface area (Å²) in [7, 11) is -6.00. The third kappa shape index (κ3) is 10.6. The minimum Gasteiger partial charge on any atom is -0.418 e. The maximum atomic E-state index is 9.75. The lowest BCUT2D eigenvalue weighted by molar-refractivity contribution is -0.360. The molecule has 0 radical (unpaired) electrons. The summed E-state index contributed by atoms with van der Waals surface area (Å²) >= 11 is 5.18. The normalized spacial score (nSPS) is 9.64. The monoisotopic (exact) mass is 335 g/mol. The number of H-pyrrole nitrogens is 1. The van der Waals surface area contributed by atoms with E-state index in [4.69, 9.17) is 12.2 Å². The molecular weight excluding hydrogens is 321 g/mol. The van der Waals surface area contributed by atoms with Crippen LogP contribution in [-0.2, 0) is 0 Å². The van der Waals surface area contributed by atoms with Gasteiger partial charge in [-0.2, -0.15) is 0 Å². The minimum atomic E-state index is -6.00. The van der Waals surface area contributed by atoms with Gasteiger partial charge in [0.15, 0.2) is 0 Å². The second-order valence-electron chi connectivity index (χ2n) is 3.72. The van der Waals surface area contributed by atoms with E-state index in [1.54, 1.807) is 0 Å². The van der Waals surface area contributed by atoms with Crippen molar-refractivity contribution < 1.29 is 27.7 Å². The van der Waals surface area contributed by atoms with Gasteiger partial charge in [0.05, 0.1) is 6.20 Å². The number of para-hydroxylation sites is 1. The molecule has 5 N–H and O–H groups in total. The summed E-state index contributed by atoms with van der Waals surface area (Å²) in [5.74, 6) is 0.857. The van der Waals surface area contributed by atoms with E-state index >= 15 is 0 Å². The summed E-state index contributed by atoms with van der Waals surface area (Å²) in [5, 5.41) is 6.71. The molecule has 0 saturated heterocycles. The lowest BCUT2D eigenvalue weighted by Gasteiger charge is -2.03. The van der Waals surface area contributed by atoms with Crippen molar-refractivity contribution in [2.45, 2.75) is 0 Å². The van der Waals surface area contributed by atoms with Crippen LogP contribution in [-0.4, -0.2) is 17.8 Å². The molecule has 0 aliphatic rings. The molecule has 2 aromatic rings. The van der Waals surface area contributed by atoms with Crippen molar-refractivity contribution in [1.82, 2.24) is 0 Å². The van der Waals surface area contributed by atoms with E-state index in [9.17, 15) is 17.3 Å². The topological polar surface area (TPSA) is 69.7 Å². The smallest absolute Gasteiger partial charge is 0.418 e. The third-order valence-corrected chi connectivity index (χ3v) is 2.19. The largest absolute Gasteiger partial charge is 0.673 e. The molecule has 22 heavy (non-hydrogen) atoms. The molecule has 0 aliphatic carbocycles. The van der Waals surface area contributed by atoms with E-state index in [0.29, 0.717) is 5.11 Å². The second-order valence-corrected chi connectivity index (χ2v) is 4.12. The van der Waals surface area contributed by atoms with Crippen LogP contribution in [0.1, 0.15) is 0 Å². The highest BCUT2D eigenvalue weighted by atomic mass is 32.1. The summed E-state index contributed by atoms with van der Waals surface area (Å²) in [4.78, 5) is 3.05. The predicted molar refractivity (Wildman–Crippen MR) is 83.1 cm³/mol. The molecule has 1 heterocycles. The van der Waals surface area contributed by atoms with E-state index in [-0.39, 0.29) is 5.48 Å². The van der Waals surface area contributed by atoms with Crippen LogP contribution in [0.15, 0.2) is 54.7 Å². The fourth-order valence-electron chi connectivity index (χ4n) is 1.28. The number of hydrogen-bond donors (Lipinski definition) is 2. The molecule has 1 aromatic carbocycles. The highest BCUT2D eigenvalue weighted by Crippen LogP contribution is 2.07. The average molecular weight is 335 g/mol. The zero-order chi connectivity index (χ0) is 15.7. The molecule has 0 saturated carbocycles. The van der Waals surface area contributed by atoms with Crippen LogP contribution in [0.5, 0.6) is 0 Å². The first-order valence-electron chi connectivity index (χ1n) is 5.82. The van der Waals surface area contributed by atoms with Gasteiger partial charge < -0.3 is 28.1 Å². The Hall–Kier alpha value is -2.20. The number of thiocarbonyl (C=S) groups is 1. The van der Waals surface area contributed by atoms with Gasteiger partial charge in [0, 0.05) is 11.8 Å². The average Bonchev–Trinajstić information content (AvgIpc) is 2.39. The van der Waals surface area contributed by atoms with E-state index in [2.05, 4.69) is 15.6 Å². The first kappa shape index (κ1) is 19.8. The van der Waals surface area contributed by atoms with Crippen molar-refractivity contribution in [2.75, 3.05) is 10.6 Å². The zero-order valence-corrected chi connectivity index (χ0v) is 12.0. The number of pyridine rings is 1. The van der Waals surface area contributed by atoms with E-state index in [0.717, 1.165) is 11.5 Å². The van der Waals surface area contributed by atoms with Gasteiger partial charge in [-0.1, -0.05) is 24.3 Å². The molecule has 2 rings (SSSR count). The fraction of sp³-hybridized carbons (Fsp3) is 0. The number of hydrogen-bond acceptors (Lipinski definition) is 1. The van der Waals surface area contributed by atoms with Crippen molar-refractivity contribution in [1.29, 1.82) is 0 Å². The number of aromatic amines is 1. The number of nitrogens with one attached hydrogen (secondary N) is 3. The van der Waals surface area contributed by atoms with Crippen LogP contribution in [0.2, 0.25) is 0 Å². The molecule has 0 aliphatic heterocycles. The summed E-state index contributed by atoms with van der Waals surface area (Å²) in [6.07, 6.45) is 1.84. The molecule has 120 valence electrons. The Morgan fingerprint density at radius 3 is 1.95 bits per heavy atom. The number of benzene rings is 1. The maximum Gasteiger partial charge on any atom is 0.673 e. The van der Waals surface area contributed by atoms with Gasteiger partial charge in [-0.25, -0.2) is 10.3 Å². The maximum absolute atomic E-state index is 9.75. The van der Waals surface area contributed by atoms with Gasteiger partial charge in [-0.05, 0) is 30.4 Å². The van der Waals surface area contributed by atoms with Crippen LogP contribution in [0, 0.1) is 0 Å². The highest BCUT2D eigenvalue weighted by Gasteiger charge is 2.20. The highest BCUT2D eigenvalue weighted by molar-refractivity contribution is 7.80. The van der Waals surface area contributed by atoms with Crippen molar-refractivity contribution in [3.8, 4) is 0 Å². The number of anilines is 2. The molecule has 0 amide bonds. The molecule has 0 spiro atoms. The Morgan fingerprint density at radius 2 is 1.45 bits per heavy atom. The number of aromatic nitrogens is 1. The standard InChI is InChI=1S/C12H11N3S.BF4.H2O/c16-12(14-10-6-2-1-3-7-10)15-11-8-4-5-9-13-11;2-1(3,4)5;/h1-9H,(H2,13,14,15,16);;1H2/q;-1;/p+1. The third-order valence-electron chi connectivity index (χ3n) is 1.99. The molecule has 0 unspecified atom stereocenters. The Morgan fingerprint density at radius 1 is 0.909 bits per heavy atom. The van der Waals surface area contributed by atoms with Crippen LogP contribution in [0.25, 0.3) is 0 Å². The first-order valence-corrected chi connectivity index (χ1v) is 6.22. The summed E-state index contributed by atoms with van der Waals surface area (Å²) in [6.45, 7) is 0. The van der Waals surface area contributed by atoms with Crippen LogP contribution >= 0.6 is 12.2 Å². The molecule has 0 bridgehead atoms. The minimum absolute atomic E-state index is 0. The molecule has 0 atom stereocenters. The summed E-state index contributed by atoms with van der Waals surface area (Å²) in [5.41, 5.74) is 0.968. The Balaban J connectivity index is 0.000000644. The molecule has 1 aromatic heterocycles. The summed E-state index contributed by atoms with van der Waals surface area (Å²) < 4.78 is 39.0. The van der Waals surface area contributed by atoms with E-state index in [1.165, 1.54) is 0 Å². The van der Waals surface area contributed by atoms with Gasteiger partial charge in [0.1, 0.15) is 0 Å². The molecule has 0 fully saturated rings. The van der Waals surface area contributed by atoms with E-state index in [1.807, 2.05) is 54.7 Å². The van der Waals surface area contributed by atoms with Gasteiger partial charge >= 0.3 is 7.25 Å². The van der Waals surface area contributed by atoms with Gasteiger partial charge in [-0.3, -0.25) is 0 Å². The number of rotatable bonds is 2. The molecular formula is C12H14BF4N3OS. The second kappa shape index (κ2) is 9.69. The van der Waals surface area contributed by atoms with Crippen LogP contribution in [0.4, 0.5) is 28.8 Å². The van der Waals surface area contributed by atoms with Crippen LogP contribution in [0.3, 0.4) is 0 Å². The Bertz CT molecular complexity index is 508. The van der Waals surface area contributed by atoms with Crippen molar-refractivity contribution in [2.24, 2.45) is 0 Å².